The van der Waals surface area contributed by atoms with Crippen molar-refractivity contribution in [2.45, 2.75) is 64.6 Å². The predicted molar refractivity (Wildman–Crippen MR) is 171 cm³/mol. The van der Waals surface area contributed by atoms with Crippen LogP contribution < -0.4 is 5.32 Å². The summed E-state index contributed by atoms with van der Waals surface area (Å²) in [5.41, 5.74) is 2.23. The van der Waals surface area contributed by atoms with Crippen molar-refractivity contribution in [3.05, 3.63) is 93.0 Å². The summed E-state index contributed by atoms with van der Waals surface area (Å²) in [5.74, 6) is -1.49. The predicted octanol–water partition coefficient (Wildman–Crippen LogP) is 7.75. The lowest BCUT2D eigenvalue weighted by Gasteiger charge is -2.43. The van der Waals surface area contributed by atoms with Gasteiger partial charge in [0.25, 0.3) is 0 Å². The highest BCUT2D eigenvalue weighted by Gasteiger charge is 2.68. The molecule has 10 heteroatoms. The van der Waals surface area contributed by atoms with Crippen molar-refractivity contribution in [2.75, 3.05) is 19.0 Å². The number of rotatable bonds is 3. The molecule has 7 rings (SSSR count). The first kappa shape index (κ1) is 30.6. The highest BCUT2D eigenvalue weighted by atomic mass is 35.5. The van der Waals surface area contributed by atoms with Gasteiger partial charge in [-0.05, 0) is 53.8 Å². The van der Waals surface area contributed by atoms with Crippen molar-refractivity contribution in [3.63, 3.8) is 0 Å². The quantitative estimate of drug-likeness (QED) is 0.233. The van der Waals surface area contributed by atoms with Crippen LogP contribution in [0.25, 0.3) is 11.0 Å². The molecule has 44 heavy (non-hydrogen) atoms. The lowest BCUT2D eigenvalue weighted by molar-refractivity contribution is -0.128. The number of hydrogen-bond acceptors (Lipinski definition) is 5. The molecule has 4 heterocycles. The van der Waals surface area contributed by atoms with E-state index < -0.39 is 23.2 Å². The van der Waals surface area contributed by atoms with Crippen molar-refractivity contribution in [2.24, 2.45) is 5.41 Å². The highest BCUT2D eigenvalue weighted by molar-refractivity contribution is 6.31. The smallest absolute Gasteiger partial charge is 0.337 e. The summed E-state index contributed by atoms with van der Waals surface area (Å²) in [6.07, 6.45) is 0.717. The molecule has 0 aliphatic carbocycles. The Labute approximate surface area is 266 Å². The third-order valence-electron chi connectivity index (χ3n) is 9.17. The van der Waals surface area contributed by atoms with Crippen LogP contribution in [0.15, 0.2) is 54.6 Å². The third kappa shape index (κ3) is 4.29. The first-order chi connectivity index (χ1) is 20.5. The second-order valence-electron chi connectivity index (χ2n) is 12.9. The Morgan fingerprint density at radius 1 is 1.16 bits per heavy atom. The van der Waals surface area contributed by atoms with E-state index in [1.807, 2.05) is 12.1 Å². The van der Waals surface area contributed by atoms with Gasteiger partial charge in [0.15, 0.2) is 0 Å². The monoisotopic (exact) mass is 636 g/mol. The summed E-state index contributed by atoms with van der Waals surface area (Å²) >= 11 is 12.8. The van der Waals surface area contributed by atoms with E-state index in [1.165, 1.54) is 13.2 Å². The molecule has 230 valence electrons. The Morgan fingerprint density at radius 3 is 2.66 bits per heavy atom. The summed E-state index contributed by atoms with van der Waals surface area (Å²) in [7, 11) is 1.35. The van der Waals surface area contributed by atoms with Crippen LogP contribution in [0.5, 0.6) is 0 Å². The summed E-state index contributed by atoms with van der Waals surface area (Å²) in [5, 5.41) is 3.61. The van der Waals surface area contributed by atoms with Gasteiger partial charge >= 0.3 is 5.97 Å². The minimum absolute atomic E-state index is 0. The third-order valence-corrected chi connectivity index (χ3v) is 9.70. The molecular weight excluding hydrogens is 602 g/mol. The molecule has 4 atom stereocenters. The van der Waals surface area contributed by atoms with Gasteiger partial charge in [0, 0.05) is 47.2 Å². The number of hydrogen-bond donors (Lipinski definition) is 1. The fraction of sp³-hybridized carbons (Fsp3) is 0.382. The number of ether oxygens (including phenoxy) is 1. The Bertz CT molecular complexity index is 1830. The average Bonchev–Trinajstić information content (AvgIpc) is 3.56. The number of carbonyl (C=O) groups excluding carboxylic acids is 2. The van der Waals surface area contributed by atoms with E-state index in [0.29, 0.717) is 46.9 Å². The lowest BCUT2D eigenvalue weighted by atomic mass is 9.70. The molecule has 0 saturated carbocycles. The van der Waals surface area contributed by atoms with Gasteiger partial charge in [-0.1, -0.05) is 69.6 Å². The molecule has 4 aromatic rings. The van der Waals surface area contributed by atoms with Gasteiger partial charge in [0.2, 0.25) is 5.91 Å². The van der Waals surface area contributed by atoms with Crippen molar-refractivity contribution in [3.8, 4) is 0 Å². The Kier molecular flexibility index (Phi) is 7.34. The minimum Gasteiger partial charge on any atom is -0.465 e. The summed E-state index contributed by atoms with van der Waals surface area (Å²) < 4.78 is 23.4. The zero-order chi connectivity index (χ0) is 30.4. The zero-order valence-electron chi connectivity index (χ0n) is 24.2. The van der Waals surface area contributed by atoms with Crippen molar-refractivity contribution in [1.82, 2.24) is 14.5 Å². The van der Waals surface area contributed by atoms with Crippen LogP contribution in [0.2, 0.25) is 10.0 Å². The summed E-state index contributed by atoms with van der Waals surface area (Å²) in [6.45, 7) is 7.66. The van der Waals surface area contributed by atoms with E-state index in [9.17, 15) is 9.59 Å². The van der Waals surface area contributed by atoms with Crippen LogP contribution in [0.4, 0.5) is 10.1 Å². The van der Waals surface area contributed by atoms with Crippen LogP contribution in [0.1, 0.15) is 73.8 Å². The second-order valence-corrected chi connectivity index (χ2v) is 13.8. The largest absolute Gasteiger partial charge is 0.465 e. The number of likely N-dealkylation sites (tertiary alicyclic amines) is 1. The Morgan fingerprint density at radius 2 is 1.93 bits per heavy atom. The Balaban J connectivity index is 0.00000343. The maximum absolute atomic E-state index is 16.3. The van der Waals surface area contributed by atoms with Gasteiger partial charge in [-0.25, -0.2) is 14.2 Å². The molecule has 1 amide bonds. The fourth-order valence-corrected chi connectivity index (χ4v) is 8.09. The van der Waals surface area contributed by atoms with Crippen molar-refractivity contribution in [1.29, 1.82) is 0 Å². The molecule has 3 aliphatic heterocycles. The van der Waals surface area contributed by atoms with Crippen LogP contribution in [-0.4, -0.2) is 46.0 Å². The SMILES string of the molecule is C.COC(=O)c1ccc2c(c1)nc1n2CC[C@H]2[C@@H]1[C@H](c1cccc(Cl)c1F)[C@]1(C(=O)Nc3cc(Cl)ccc31)N2CC(C)(C)C. The normalized spacial score (nSPS) is 24.1. The van der Waals surface area contributed by atoms with Gasteiger partial charge in [-0.2, -0.15) is 0 Å². The van der Waals surface area contributed by atoms with Crippen LogP contribution in [-0.2, 0) is 21.6 Å². The number of anilines is 1. The number of fused-ring (bicyclic) bond motifs is 7. The van der Waals surface area contributed by atoms with Crippen molar-refractivity contribution >= 4 is 51.8 Å². The number of esters is 1. The molecule has 1 fully saturated rings. The number of nitrogens with zero attached hydrogens (tertiary/aromatic N) is 3. The molecule has 0 bridgehead atoms. The van der Waals surface area contributed by atoms with Gasteiger partial charge < -0.3 is 14.6 Å². The van der Waals surface area contributed by atoms with Crippen LogP contribution in [0, 0.1) is 11.2 Å². The minimum atomic E-state index is -1.25. The number of amides is 1. The Hall–Kier alpha value is -3.46. The first-order valence-corrected chi connectivity index (χ1v) is 15.1. The zero-order valence-corrected chi connectivity index (χ0v) is 25.8. The molecule has 0 unspecified atom stereocenters. The molecular formula is C34H35Cl2FN4O3. The topological polar surface area (TPSA) is 76.5 Å². The van der Waals surface area contributed by atoms with Crippen LogP contribution >= 0.6 is 23.2 Å². The number of halogens is 3. The van der Waals surface area contributed by atoms with Gasteiger partial charge in [-0.15, -0.1) is 0 Å². The maximum atomic E-state index is 16.3. The van der Waals surface area contributed by atoms with E-state index >= 15 is 4.39 Å². The molecule has 1 N–H and O–H groups in total. The number of nitrogens with one attached hydrogen (secondary N) is 1. The summed E-state index contributed by atoms with van der Waals surface area (Å²) in [6, 6.07) is 15.6. The van der Waals surface area contributed by atoms with E-state index in [-0.39, 0.29) is 35.7 Å². The lowest BCUT2D eigenvalue weighted by Crippen LogP contribution is -2.54. The van der Waals surface area contributed by atoms with Crippen LogP contribution in [0.3, 0.4) is 0 Å². The number of aromatic nitrogens is 2. The van der Waals surface area contributed by atoms with E-state index in [4.69, 9.17) is 32.9 Å². The second kappa shape index (κ2) is 10.6. The number of imidazole rings is 1. The molecule has 7 nitrogen and oxygen atoms in total. The maximum Gasteiger partial charge on any atom is 0.337 e. The molecule has 0 radical (unpaired) electrons. The van der Waals surface area contributed by atoms with Gasteiger partial charge in [0.05, 0.1) is 28.7 Å². The molecule has 1 aromatic heterocycles. The molecule has 3 aromatic carbocycles. The van der Waals surface area contributed by atoms with Gasteiger partial charge in [0.1, 0.15) is 17.2 Å². The number of benzene rings is 3. The van der Waals surface area contributed by atoms with E-state index in [1.54, 1.807) is 36.4 Å². The summed E-state index contributed by atoms with van der Waals surface area (Å²) in [4.78, 5) is 34.3. The number of carbonyl (C=O) groups is 2. The molecule has 1 saturated heterocycles. The highest BCUT2D eigenvalue weighted by Crippen LogP contribution is 2.64. The average molecular weight is 638 g/mol. The van der Waals surface area contributed by atoms with Crippen molar-refractivity contribution < 1.29 is 18.7 Å². The fourth-order valence-electron chi connectivity index (χ4n) is 7.73. The van der Waals surface area contributed by atoms with Gasteiger partial charge in [-0.3, -0.25) is 9.69 Å². The van der Waals surface area contributed by atoms with E-state index in [2.05, 4.69) is 35.6 Å². The molecule has 3 aliphatic rings. The van der Waals surface area contributed by atoms with E-state index in [0.717, 1.165) is 16.9 Å². The first-order valence-electron chi connectivity index (χ1n) is 14.4. The standard InChI is InChI=1S/C33H31Cl2FN4O3.CH4/c1-32(2,3)16-40-25-12-13-39-24-11-8-17(30(41)43-4)14-23(24)37-29(39)26(25)27(19-6-5-7-21(35)28(19)36)33(40)20-10-9-18(34)15-22(20)38-31(33)42;/h5-11,14-15,25-27H,12-13,16H2,1-4H3,(H,38,42);1H4/t25-,26+,27-,33+;/m0./s1. The molecule has 1 spiro atoms. The number of aryl methyl sites for hydroxylation is 1. The number of methoxy groups -OCH3 is 1.